The van der Waals surface area contributed by atoms with Crippen LogP contribution in [-0.4, -0.2) is 31.6 Å². The van der Waals surface area contributed by atoms with Crippen molar-refractivity contribution in [3.63, 3.8) is 0 Å². The van der Waals surface area contributed by atoms with Crippen molar-refractivity contribution in [3.8, 4) is 17.1 Å². The number of imidazole rings is 1. The van der Waals surface area contributed by atoms with E-state index in [4.69, 9.17) is 4.98 Å². The van der Waals surface area contributed by atoms with Crippen LogP contribution in [0.15, 0.2) is 53.3 Å². The second-order valence-corrected chi connectivity index (χ2v) is 8.01. The topological polar surface area (TPSA) is 81.8 Å². The summed E-state index contributed by atoms with van der Waals surface area (Å²) in [5.41, 5.74) is 4.33. The maximum atomic E-state index is 13.3. The molecule has 1 amide bonds. The minimum atomic E-state index is -0.309. The van der Waals surface area contributed by atoms with Crippen molar-refractivity contribution in [2.24, 2.45) is 7.05 Å². The minimum absolute atomic E-state index is 0.202. The molecule has 0 atom stereocenters. The molecule has 4 aromatic rings. The molecule has 0 fully saturated rings. The van der Waals surface area contributed by atoms with Crippen molar-refractivity contribution in [2.75, 3.05) is 6.54 Å². The fraction of sp³-hybridized carbons (Fsp3) is 0.280. The van der Waals surface area contributed by atoms with Gasteiger partial charge in [-0.3, -0.25) is 9.36 Å². The number of aryl methyl sites for hydroxylation is 3. The van der Waals surface area contributed by atoms with Crippen molar-refractivity contribution in [1.82, 2.24) is 24.4 Å². The van der Waals surface area contributed by atoms with E-state index in [1.54, 1.807) is 11.6 Å². The van der Waals surface area contributed by atoms with Gasteiger partial charge in [0.2, 0.25) is 0 Å². The number of amides is 1. The normalized spacial score (nSPS) is 11.1. The van der Waals surface area contributed by atoms with E-state index in [1.807, 2.05) is 62.4 Å². The fourth-order valence-electron chi connectivity index (χ4n) is 3.73. The second-order valence-electron chi connectivity index (χ2n) is 8.01. The molecule has 0 bridgehead atoms. The van der Waals surface area contributed by atoms with Gasteiger partial charge >= 0.3 is 5.69 Å². The third kappa shape index (κ3) is 3.82. The number of rotatable bonds is 6. The zero-order valence-corrected chi connectivity index (χ0v) is 18.8. The Hall–Kier alpha value is -3.74. The number of hydrogen-bond acceptors (Lipinski definition) is 4. The maximum absolute atomic E-state index is 13.3. The number of fused-ring (bicyclic) bond motifs is 1. The average molecular weight is 430 g/mol. The van der Waals surface area contributed by atoms with Crippen LogP contribution in [0.25, 0.3) is 28.2 Å². The largest absolute Gasteiger partial charge is 0.351 e. The monoisotopic (exact) mass is 429 g/mol. The van der Waals surface area contributed by atoms with Gasteiger partial charge in [-0.25, -0.2) is 19.3 Å². The number of carbonyl (C=O) groups is 1. The molecule has 0 spiro atoms. The van der Waals surface area contributed by atoms with E-state index in [9.17, 15) is 9.59 Å². The standard InChI is InChI=1S/C25H27N5O2/c1-5-6-15-26-24(31)20-21-23(28-22(27-20)18-13-11-16(2)12-14-18)30(25(32)29(21)4)19-10-8-7-9-17(19)3/h7-14H,5-6,15H2,1-4H3,(H,26,31). The van der Waals surface area contributed by atoms with Crippen LogP contribution >= 0.6 is 0 Å². The molecule has 0 aliphatic rings. The third-order valence-electron chi connectivity index (χ3n) is 5.59. The Morgan fingerprint density at radius 2 is 1.75 bits per heavy atom. The van der Waals surface area contributed by atoms with Gasteiger partial charge in [0.1, 0.15) is 5.52 Å². The molecule has 4 rings (SSSR count). The predicted octanol–water partition coefficient (Wildman–Crippen LogP) is 3.93. The zero-order valence-electron chi connectivity index (χ0n) is 18.8. The SMILES string of the molecule is CCCCNC(=O)c1nc(-c2ccc(C)cc2)nc2c1n(C)c(=O)n2-c1ccccc1C. The highest BCUT2D eigenvalue weighted by molar-refractivity contribution is 6.03. The fourth-order valence-corrected chi connectivity index (χ4v) is 3.73. The molecule has 0 saturated carbocycles. The number of nitrogens with one attached hydrogen (secondary N) is 1. The summed E-state index contributed by atoms with van der Waals surface area (Å²) in [6, 6.07) is 15.4. The molecule has 2 aromatic heterocycles. The van der Waals surface area contributed by atoms with Gasteiger partial charge in [-0.1, -0.05) is 61.4 Å². The Labute approximate surface area is 186 Å². The highest BCUT2D eigenvalue weighted by atomic mass is 16.2. The van der Waals surface area contributed by atoms with Gasteiger partial charge in [0.05, 0.1) is 5.69 Å². The van der Waals surface area contributed by atoms with Crippen molar-refractivity contribution in [1.29, 1.82) is 0 Å². The number of nitrogens with zero attached hydrogens (tertiary/aromatic N) is 4. The van der Waals surface area contributed by atoms with Crippen LogP contribution in [0, 0.1) is 13.8 Å². The molecule has 7 heteroatoms. The van der Waals surface area contributed by atoms with Gasteiger partial charge in [-0.2, -0.15) is 0 Å². The Kier molecular flexibility index (Phi) is 5.90. The summed E-state index contributed by atoms with van der Waals surface area (Å²) < 4.78 is 3.02. The molecule has 2 aromatic carbocycles. The van der Waals surface area contributed by atoms with Crippen LogP contribution in [0.1, 0.15) is 41.4 Å². The van der Waals surface area contributed by atoms with E-state index in [2.05, 4.69) is 17.2 Å². The van der Waals surface area contributed by atoms with E-state index in [1.165, 1.54) is 4.57 Å². The molecule has 0 unspecified atom stereocenters. The lowest BCUT2D eigenvalue weighted by molar-refractivity contribution is 0.0949. The summed E-state index contributed by atoms with van der Waals surface area (Å²) in [5, 5.41) is 2.93. The molecule has 2 heterocycles. The van der Waals surface area contributed by atoms with E-state index < -0.39 is 0 Å². The van der Waals surface area contributed by atoms with Crippen molar-refractivity contribution in [3.05, 3.63) is 75.8 Å². The van der Waals surface area contributed by atoms with Gasteiger partial charge in [0.25, 0.3) is 5.91 Å². The lowest BCUT2D eigenvalue weighted by Gasteiger charge is -2.10. The first-order chi connectivity index (χ1) is 15.4. The van der Waals surface area contributed by atoms with Crippen molar-refractivity contribution in [2.45, 2.75) is 33.6 Å². The predicted molar refractivity (Wildman–Crippen MR) is 126 cm³/mol. The third-order valence-corrected chi connectivity index (χ3v) is 5.59. The Bertz CT molecular complexity index is 1350. The van der Waals surface area contributed by atoms with Crippen LogP contribution in [0.5, 0.6) is 0 Å². The van der Waals surface area contributed by atoms with E-state index in [0.717, 1.165) is 35.2 Å². The first-order valence-corrected chi connectivity index (χ1v) is 10.8. The highest BCUT2D eigenvalue weighted by Gasteiger charge is 2.24. The molecular formula is C25H27N5O2. The smallest absolute Gasteiger partial charge is 0.334 e. The molecule has 7 nitrogen and oxygen atoms in total. The zero-order chi connectivity index (χ0) is 22.8. The van der Waals surface area contributed by atoms with Gasteiger partial charge in [0, 0.05) is 19.2 Å². The Balaban J connectivity index is 2.02. The highest BCUT2D eigenvalue weighted by Crippen LogP contribution is 2.24. The van der Waals surface area contributed by atoms with Gasteiger partial charge in [-0.15, -0.1) is 0 Å². The Morgan fingerprint density at radius 1 is 1.03 bits per heavy atom. The summed E-state index contributed by atoms with van der Waals surface area (Å²) in [5.74, 6) is 0.0998. The van der Waals surface area contributed by atoms with Gasteiger partial charge in [0.15, 0.2) is 17.2 Å². The van der Waals surface area contributed by atoms with E-state index in [0.29, 0.717) is 23.5 Å². The number of aromatic nitrogens is 4. The van der Waals surface area contributed by atoms with Crippen molar-refractivity contribution >= 4 is 17.1 Å². The summed E-state index contributed by atoms with van der Waals surface area (Å²) in [6.07, 6.45) is 1.84. The first kappa shape index (κ1) is 21.5. The van der Waals surface area contributed by atoms with Gasteiger partial charge < -0.3 is 5.32 Å². The van der Waals surface area contributed by atoms with E-state index >= 15 is 0 Å². The van der Waals surface area contributed by atoms with Crippen molar-refractivity contribution < 1.29 is 4.79 Å². The molecular weight excluding hydrogens is 402 g/mol. The molecule has 1 N–H and O–H groups in total. The number of unbranched alkanes of at least 4 members (excludes halogenated alkanes) is 1. The number of carbonyl (C=O) groups excluding carboxylic acids is 1. The summed E-state index contributed by atoms with van der Waals surface area (Å²) in [7, 11) is 1.65. The molecule has 32 heavy (non-hydrogen) atoms. The van der Waals surface area contributed by atoms with Gasteiger partial charge in [-0.05, 0) is 31.9 Å². The van der Waals surface area contributed by atoms with Crippen LogP contribution in [0.2, 0.25) is 0 Å². The number of benzene rings is 2. The van der Waals surface area contributed by atoms with Crippen LogP contribution < -0.4 is 11.0 Å². The lowest BCUT2D eigenvalue weighted by Crippen LogP contribution is -2.27. The summed E-state index contributed by atoms with van der Waals surface area (Å²) in [4.78, 5) is 35.8. The molecule has 0 aliphatic heterocycles. The number of hydrogen-bond donors (Lipinski definition) is 1. The molecule has 164 valence electrons. The summed E-state index contributed by atoms with van der Waals surface area (Å²) in [6.45, 7) is 6.57. The molecule has 0 saturated heterocycles. The average Bonchev–Trinajstić information content (AvgIpc) is 3.04. The maximum Gasteiger partial charge on any atom is 0.334 e. The summed E-state index contributed by atoms with van der Waals surface area (Å²) >= 11 is 0. The number of para-hydroxylation sites is 1. The second kappa shape index (κ2) is 8.78. The van der Waals surface area contributed by atoms with E-state index in [-0.39, 0.29) is 17.3 Å². The Morgan fingerprint density at radius 3 is 2.44 bits per heavy atom. The quantitative estimate of drug-likeness (QED) is 0.471. The molecule has 0 radical (unpaired) electrons. The van der Waals surface area contributed by atoms with Crippen LogP contribution in [-0.2, 0) is 7.05 Å². The van der Waals surface area contributed by atoms with Crippen LogP contribution in [0.4, 0.5) is 0 Å². The molecule has 0 aliphatic carbocycles. The first-order valence-electron chi connectivity index (χ1n) is 10.8. The minimum Gasteiger partial charge on any atom is -0.351 e. The lowest BCUT2D eigenvalue weighted by atomic mass is 10.1. The van der Waals surface area contributed by atoms with Crippen LogP contribution in [0.3, 0.4) is 0 Å².